The molecule has 0 radical (unpaired) electrons. The van der Waals surface area contributed by atoms with Gasteiger partial charge in [0, 0.05) is 13.0 Å². The summed E-state index contributed by atoms with van der Waals surface area (Å²) in [5.41, 5.74) is 6.12. The van der Waals surface area contributed by atoms with E-state index in [9.17, 15) is 4.79 Å². The lowest BCUT2D eigenvalue weighted by molar-refractivity contribution is -0.119. The summed E-state index contributed by atoms with van der Waals surface area (Å²) in [5, 5.41) is 7.67. The number of hydrogen-bond donors (Lipinski definition) is 1. The zero-order chi connectivity index (χ0) is 12.5. The van der Waals surface area contributed by atoms with Crippen molar-refractivity contribution in [3.8, 4) is 0 Å². The normalized spacial score (nSPS) is 10.4. The van der Waals surface area contributed by atoms with E-state index in [-0.39, 0.29) is 5.78 Å². The molecule has 0 aliphatic heterocycles. The van der Waals surface area contributed by atoms with E-state index in [1.807, 2.05) is 6.08 Å². The molecule has 0 unspecified atom stereocenters. The number of allylic oxidation sites excluding steroid dienone is 1. The van der Waals surface area contributed by atoms with Gasteiger partial charge < -0.3 is 5.73 Å². The number of nitrogens with zero attached hydrogens (tertiary/aromatic N) is 3. The highest BCUT2D eigenvalue weighted by Gasteiger charge is 2.05. The fourth-order valence-corrected chi connectivity index (χ4v) is 1.56. The fourth-order valence-electron chi connectivity index (χ4n) is 1.56. The van der Waals surface area contributed by atoms with Crippen LogP contribution in [0.4, 0.5) is 0 Å². The van der Waals surface area contributed by atoms with Gasteiger partial charge in [-0.25, -0.2) is 4.68 Å². The number of Topliss-reactive ketones (excluding diaryl/α,β-unsaturated/α-hetero) is 1. The van der Waals surface area contributed by atoms with Crippen molar-refractivity contribution in [2.24, 2.45) is 5.73 Å². The summed E-state index contributed by atoms with van der Waals surface area (Å²) < 4.78 is 1.55. The third-order valence-corrected chi connectivity index (χ3v) is 2.50. The van der Waals surface area contributed by atoms with Crippen molar-refractivity contribution in [3.63, 3.8) is 0 Å². The van der Waals surface area contributed by atoms with E-state index in [0.29, 0.717) is 25.2 Å². The minimum atomic E-state index is 0.192. The van der Waals surface area contributed by atoms with Crippen LogP contribution in [-0.2, 0) is 17.9 Å². The highest BCUT2D eigenvalue weighted by molar-refractivity contribution is 5.77. The molecule has 1 rings (SSSR count). The van der Waals surface area contributed by atoms with Crippen molar-refractivity contribution in [1.29, 1.82) is 0 Å². The lowest BCUT2D eigenvalue weighted by Crippen LogP contribution is -2.10. The Balaban J connectivity index is 2.18. The van der Waals surface area contributed by atoms with E-state index in [4.69, 9.17) is 5.73 Å². The Bertz CT molecular complexity index is 359. The molecular weight excluding hydrogens is 216 g/mol. The number of nitrogens with two attached hydrogens (primary N) is 1. The van der Waals surface area contributed by atoms with Crippen LogP contribution in [0.3, 0.4) is 0 Å². The molecule has 0 aromatic carbocycles. The van der Waals surface area contributed by atoms with Gasteiger partial charge in [0.1, 0.15) is 6.54 Å². The first kappa shape index (κ1) is 13.6. The lowest BCUT2D eigenvalue weighted by Gasteiger charge is -2.00. The van der Waals surface area contributed by atoms with Crippen molar-refractivity contribution in [2.45, 2.75) is 45.2 Å². The Morgan fingerprint density at radius 2 is 2.29 bits per heavy atom. The summed E-state index contributed by atoms with van der Waals surface area (Å²) in [6.45, 7) is 4.32. The van der Waals surface area contributed by atoms with E-state index in [1.54, 1.807) is 10.9 Å². The zero-order valence-electron chi connectivity index (χ0n) is 10.1. The summed E-state index contributed by atoms with van der Waals surface area (Å²) in [4.78, 5) is 11.6. The summed E-state index contributed by atoms with van der Waals surface area (Å²) >= 11 is 0. The van der Waals surface area contributed by atoms with Crippen LogP contribution in [0.5, 0.6) is 0 Å². The SMILES string of the molecule is C=CCCCCCC(=O)Cn1cc(CN)nn1. The molecule has 17 heavy (non-hydrogen) atoms. The predicted octanol–water partition coefficient (Wildman–Crippen LogP) is 1.44. The number of unbranched alkanes of at least 4 members (excludes halogenated alkanes) is 3. The van der Waals surface area contributed by atoms with Crippen molar-refractivity contribution in [3.05, 3.63) is 24.5 Å². The zero-order valence-corrected chi connectivity index (χ0v) is 10.1. The van der Waals surface area contributed by atoms with Crippen molar-refractivity contribution in [2.75, 3.05) is 0 Å². The molecule has 1 heterocycles. The molecule has 0 bridgehead atoms. The Morgan fingerprint density at radius 3 is 2.94 bits per heavy atom. The quantitative estimate of drug-likeness (QED) is 0.520. The maximum atomic E-state index is 11.6. The molecule has 0 saturated heterocycles. The molecule has 5 heteroatoms. The summed E-state index contributed by atoms with van der Waals surface area (Å²) in [6, 6.07) is 0. The molecule has 94 valence electrons. The second kappa shape index (κ2) is 7.73. The van der Waals surface area contributed by atoms with Crippen LogP contribution in [0.1, 0.15) is 37.8 Å². The first-order chi connectivity index (χ1) is 8.26. The Labute approximate surface area is 102 Å². The molecule has 0 amide bonds. The first-order valence-corrected chi connectivity index (χ1v) is 5.98. The number of rotatable bonds is 9. The standard InChI is InChI=1S/C12H20N4O/c1-2-3-4-5-6-7-12(17)10-16-9-11(8-13)14-15-16/h2,9H,1,3-8,10,13H2. The maximum absolute atomic E-state index is 11.6. The van der Waals surface area contributed by atoms with E-state index < -0.39 is 0 Å². The third-order valence-electron chi connectivity index (χ3n) is 2.50. The summed E-state index contributed by atoms with van der Waals surface area (Å²) in [7, 11) is 0. The molecule has 0 aliphatic rings. The maximum Gasteiger partial charge on any atom is 0.154 e. The van der Waals surface area contributed by atoms with Gasteiger partial charge in [-0.05, 0) is 19.3 Å². The summed E-state index contributed by atoms with van der Waals surface area (Å²) in [5.74, 6) is 0.192. The van der Waals surface area contributed by atoms with Gasteiger partial charge in [0.15, 0.2) is 5.78 Å². The smallest absolute Gasteiger partial charge is 0.154 e. The number of carbonyl (C=O) groups is 1. The van der Waals surface area contributed by atoms with Crippen LogP contribution in [0.25, 0.3) is 0 Å². The van der Waals surface area contributed by atoms with Gasteiger partial charge in [0.25, 0.3) is 0 Å². The second-order valence-electron chi connectivity index (χ2n) is 4.04. The molecule has 0 atom stereocenters. The highest BCUT2D eigenvalue weighted by atomic mass is 16.1. The molecular formula is C12H20N4O. The first-order valence-electron chi connectivity index (χ1n) is 5.98. The second-order valence-corrected chi connectivity index (χ2v) is 4.04. The molecule has 1 aromatic heterocycles. The van der Waals surface area contributed by atoms with Gasteiger partial charge in [-0.15, -0.1) is 11.7 Å². The van der Waals surface area contributed by atoms with Gasteiger partial charge in [0.2, 0.25) is 0 Å². The molecule has 0 saturated carbocycles. The molecule has 1 aromatic rings. The van der Waals surface area contributed by atoms with Gasteiger partial charge in [-0.2, -0.15) is 0 Å². The Morgan fingerprint density at radius 1 is 1.47 bits per heavy atom. The van der Waals surface area contributed by atoms with Crippen LogP contribution in [0.15, 0.2) is 18.9 Å². The van der Waals surface area contributed by atoms with Gasteiger partial charge in [-0.3, -0.25) is 4.79 Å². The van der Waals surface area contributed by atoms with Crippen molar-refractivity contribution < 1.29 is 4.79 Å². The minimum absolute atomic E-state index is 0.192. The van der Waals surface area contributed by atoms with Crippen LogP contribution in [0, 0.1) is 0 Å². The topological polar surface area (TPSA) is 73.8 Å². The number of aromatic nitrogens is 3. The van der Waals surface area contributed by atoms with E-state index in [1.165, 1.54) is 0 Å². The molecule has 0 spiro atoms. The Hall–Kier alpha value is -1.49. The Kier molecular flexibility index (Phi) is 6.17. The molecule has 5 nitrogen and oxygen atoms in total. The number of ketones is 1. The molecule has 0 fully saturated rings. The molecule has 0 aliphatic carbocycles. The molecule has 2 N–H and O–H groups in total. The number of carbonyl (C=O) groups excluding carboxylic acids is 1. The predicted molar refractivity (Wildman–Crippen MR) is 66.2 cm³/mol. The fraction of sp³-hybridized carbons (Fsp3) is 0.583. The van der Waals surface area contributed by atoms with E-state index in [0.717, 1.165) is 25.7 Å². The van der Waals surface area contributed by atoms with Crippen LogP contribution < -0.4 is 5.73 Å². The van der Waals surface area contributed by atoms with Crippen molar-refractivity contribution in [1.82, 2.24) is 15.0 Å². The largest absolute Gasteiger partial charge is 0.325 e. The van der Waals surface area contributed by atoms with Crippen LogP contribution in [0.2, 0.25) is 0 Å². The van der Waals surface area contributed by atoms with E-state index >= 15 is 0 Å². The number of hydrogen-bond acceptors (Lipinski definition) is 4. The van der Waals surface area contributed by atoms with Gasteiger partial charge in [0.05, 0.1) is 11.9 Å². The van der Waals surface area contributed by atoms with Gasteiger partial charge >= 0.3 is 0 Å². The van der Waals surface area contributed by atoms with Crippen LogP contribution in [-0.4, -0.2) is 20.8 Å². The van der Waals surface area contributed by atoms with Crippen molar-refractivity contribution >= 4 is 5.78 Å². The summed E-state index contributed by atoms with van der Waals surface area (Å²) in [6.07, 6.45) is 8.37. The lowest BCUT2D eigenvalue weighted by atomic mass is 10.1. The van der Waals surface area contributed by atoms with E-state index in [2.05, 4.69) is 16.9 Å². The highest BCUT2D eigenvalue weighted by Crippen LogP contribution is 2.04. The third kappa shape index (κ3) is 5.40. The van der Waals surface area contributed by atoms with Crippen LogP contribution >= 0.6 is 0 Å². The monoisotopic (exact) mass is 236 g/mol. The minimum Gasteiger partial charge on any atom is -0.325 e. The average molecular weight is 236 g/mol. The van der Waals surface area contributed by atoms with Gasteiger partial charge in [-0.1, -0.05) is 17.7 Å². The average Bonchev–Trinajstić information content (AvgIpc) is 2.76.